The number of anilines is 1. The number of rotatable bonds is 4. The first-order valence-electron chi connectivity index (χ1n) is 6.49. The molecule has 0 saturated heterocycles. The van der Waals surface area contributed by atoms with Gasteiger partial charge < -0.3 is 11.1 Å². The Labute approximate surface area is 127 Å². The molecule has 0 heterocycles. The third-order valence-electron chi connectivity index (χ3n) is 2.92. The molecule has 0 saturated carbocycles. The van der Waals surface area contributed by atoms with Crippen molar-refractivity contribution >= 4 is 23.6 Å². The van der Waals surface area contributed by atoms with Gasteiger partial charge in [-0.15, -0.1) is 0 Å². The van der Waals surface area contributed by atoms with Crippen LogP contribution in [0.15, 0.2) is 60.2 Å². The summed E-state index contributed by atoms with van der Waals surface area (Å²) >= 11 is 0. The summed E-state index contributed by atoms with van der Waals surface area (Å²) in [5.74, 6) is -1.25. The molecule has 0 aliphatic rings. The maximum absolute atomic E-state index is 12.2. The zero-order valence-corrected chi connectivity index (χ0v) is 11.6. The number of nitriles is 1. The molecule has 2 aromatic rings. The quantitative estimate of drug-likeness (QED) is 0.668. The molecule has 5 heteroatoms. The normalized spacial score (nSPS) is 10.6. The van der Waals surface area contributed by atoms with Crippen molar-refractivity contribution in [2.45, 2.75) is 0 Å². The summed E-state index contributed by atoms with van der Waals surface area (Å²) in [7, 11) is 0. The second kappa shape index (κ2) is 6.86. The number of amides is 2. The summed E-state index contributed by atoms with van der Waals surface area (Å²) < 4.78 is 0. The summed E-state index contributed by atoms with van der Waals surface area (Å²) in [6.45, 7) is 0. The number of hydrogen-bond acceptors (Lipinski definition) is 3. The molecule has 0 unspecified atom stereocenters. The summed E-state index contributed by atoms with van der Waals surface area (Å²) in [6, 6.07) is 17.2. The number of para-hydroxylation sites is 1. The smallest absolute Gasteiger partial charge is 0.266 e. The zero-order chi connectivity index (χ0) is 15.9. The van der Waals surface area contributed by atoms with Gasteiger partial charge in [-0.05, 0) is 23.8 Å². The Morgan fingerprint density at radius 1 is 1.05 bits per heavy atom. The second-order valence-electron chi connectivity index (χ2n) is 4.44. The molecule has 0 fully saturated rings. The summed E-state index contributed by atoms with van der Waals surface area (Å²) in [6.07, 6.45) is 1.47. The van der Waals surface area contributed by atoms with Crippen LogP contribution >= 0.6 is 0 Å². The molecule has 2 amide bonds. The van der Waals surface area contributed by atoms with E-state index >= 15 is 0 Å². The van der Waals surface area contributed by atoms with Crippen molar-refractivity contribution in [3.63, 3.8) is 0 Å². The molecule has 0 bridgehead atoms. The van der Waals surface area contributed by atoms with E-state index < -0.39 is 11.8 Å². The second-order valence-corrected chi connectivity index (χ2v) is 4.44. The van der Waals surface area contributed by atoms with Crippen LogP contribution in [-0.2, 0) is 4.79 Å². The van der Waals surface area contributed by atoms with Gasteiger partial charge in [-0.25, -0.2) is 0 Å². The fourth-order valence-corrected chi connectivity index (χ4v) is 1.86. The van der Waals surface area contributed by atoms with Crippen molar-refractivity contribution in [1.29, 1.82) is 5.26 Å². The molecular weight excluding hydrogens is 278 g/mol. The van der Waals surface area contributed by atoms with Crippen LogP contribution in [0.2, 0.25) is 0 Å². The third-order valence-corrected chi connectivity index (χ3v) is 2.92. The molecule has 2 rings (SSSR count). The van der Waals surface area contributed by atoms with E-state index in [2.05, 4.69) is 5.32 Å². The molecule has 2 aromatic carbocycles. The Morgan fingerprint density at radius 3 is 2.32 bits per heavy atom. The SMILES string of the molecule is N#C/C(=C\c1ccccc1)C(=O)Nc1ccccc1C(N)=O. The van der Waals surface area contributed by atoms with Gasteiger partial charge in [-0.3, -0.25) is 9.59 Å². The predicted molar refractivity (Wildman–Crippen MR) is 83.6 cm³/mol. The number of nitrogens with one attached hydrogen (secondary N) is 1. The fraction of sp³-hybridized carbons (Fsp3) is 0. The lowest BCUT2D eigenvalue weighted by Crippen LogP contribution is -2.19. The van der Waals surface area contributed by atoms with Crippen molar-refractivity contribution in [2.24, 2.45) is 5.73 Å². The molecular formula is C17H13N3O2. The van der Waals surface area contributed by atoms with Gasteiger partial charge in [0, 0.05) is 0 Å². The van der Waals surface area contributed by atoms with Gasteiger partial charge >= 0.3 is 0 Å². The maximum atomic E-state index is 12.2. The van der Waals surface area contributed by atoms with Crippen LogP contribution in [0.1, 0.15) is 15.9 Å². The van der Waals surface area contributed by atoms with Gasteiger partial charge in [-0.2, -0.15) is 5.26 Å². The molecule has 0 aliphatic carbocycles. The number of nitrogens with two attached hydrogens (primary N) is 1. The van der Waals surface area contributed by atoms with Crippen molar-refractivity contribution in [2.75, 3.05) is 5.32 Å². The van der Waals surface area contributed by atoms with Gasteiger partial charge in [0.15, 0.2) is 0 Å². The van der Waals surface area contributed by atoms with Gasteiger partial charge in [-0.1, -0.05) is 42.5 Å². The molecule has 0 aromatic heterocycles. The van der Waals surface area contributed by atoms with E-state index in [0.29, 0.717) is 0 Å². The van der Waals surface area contributed by atoms with E-state index in [4.69, 9.17) is 11.0 Å². The highest BCUT2D eigenvalue weighted by Crippen LogP contribution is 2.16. The van der Waals surface area contributed by atoms with Crippen LogP contribution in [0.3, 0.4) is 0 Å². The molecule has 5 nitrogen and oxygen atoms in total. The fourth-order valence-electron chi connectivity index (χ4n) is 1.86. The Balaban J connectivity index is 2.27. The van der Waals surface area contributed by atoms with Crippen molar-refractivity contribution in [3.8, 4) is 6.07 Å². The predicted octanol–water partition coefficient (Wildman–Crippen LogP) is 2.33. The van der Waals surface area contributed by atoms with Crippen LogP contribution in [0.4, 0.5) is 5.69 Å². The maximum Gasteiger partial charge on any atom is 0.266 e. The minimum Gasteiger partial charge on any atom is -0.366 e. The van der Waals surface area contributed by atoms with E-state index in [1.807, 2.05) is 12.1 Å². The van der Waals surface area contributed by atoms with E-state index in [9.17, 15) is 9.59 Å². The number of carbonyl (C=O) groups is 2. The highest BCUT2D eigenvalue weighted by Gasteiger charge is 2.13. The van der Waals surface area contributed by atoms with Gasteiger partial charge in [0.1, 0.15) is 11.6 Å². The number of primary amides is 1. The van der Waals surface area contributed by atoms with Crippen LogP contribution in [0, 0.1) is 11.3 Å². The number of benzene rings is 2. The topological polar surface area (TPSA) is 96.0 Å². The lowest BCUT2D eigenvalue weighted by Gasteiger charge is -2.08. The molecule has 0 aliphatic heterocycles. The Kier molecular flexibility index (Phi) is 4.68. The highest BCUT2D eigenvalue weighted by molar-refractivity contribution is 6.12. The summed E-state index contributed by atoms with van der Waals surface area (Å²) in [5, 5.41) is 11.7. The minimum absolute atomic E-state index is 0.0644. The first-order chi connectivity index (χ1) is 10.6. The Bertz CT molecular complexity index is 774. The summed E-state index contributed by atoms with van der Waals surface area (Å²) in [4.78, 5) is 23.5. The number of nitrogens with zero attached hydrogens (tertiary/aromatic N) is 1. The minimum atomic E-state index is -0.651. The number of carbonyl (C=O) groups excluding carboxylic acids is 2. The molecule has 0 atom stereocenters. The average Bonchev–Trinajstić information content (AvgIpc) is 2.53. The standard InChI is InChI=1S/C17H13N3O2/c18-11-13(10-12-6-2-1-3-7-12)17(22)20-15-9-5-4-8-14(15)16(19)21/h1-10H,(H2,19,21)(H,20,22)/b13-10+. The Morgan fingerprint density at radius 2 is 1.68 bits per heavy atom. The number of hydrogen-bond donors (Lipinski definition) is 2. The van der Waals surface area contributed by atoms with E-state index in [0.717, 1.165) is 5.56 Å². The van der Waals surface area contributed by atoms with Crippen LogP contribution in [0.5, 0.6) is 0 Å². The lowest BCUT2D eigenvalue weighted by molar-refractivity contribution is -0.112. The Hall–Kier alpha value is -3.39. The average molecular weight is 291 g/mol. The first kappa shape index (κ1) is 15.0. The van der Waals surface area contributed by atoms with Gasteiger partial charge in [0.05, 0.1) is 11.3 Å². The highest BCUT2D eigenvalue weighted by atomic mass is 16.2. The van der Waals surface area contributed by atoms with Crippen molar-refractivity contribution in [1.82, 2.24) is 0 Å². The lowest BCUT2D eigenvalue weighted by atomic mass is 10.1. The monoisotopic (exact) mass is 291 g/mol. The summed E-state index contributed by atoms with van der Waals surface area (Å²) in [5.41, 5.74) is 6.38. The molecule has 0 spiro atoms. The van der Waals surface area contributed by atoms with E-state index in [-0.39, 0.29) is 16.8 Å². The zero-order valence-electron chi connectivity index (χ0n) is 11.6. The van der Waals surface area contributed by atoms with Crippen molar-refractivity contribution < 1.29 is 9.59 Å². The van der Waals surface area contributed by atoms with Crippen LogP contribution < -0.4 is 11.1 Å². The molecule has 108 valence electrons. The van der Waals surface area contributed by atoms with E-state index in [1.54, 1.807) is 42.5 Å². The van der Waals surface area contributed by atoms with Crippen molar-refractivity contribution in [3.05, 3.63) is 71.3 Å². The molecule has 22 heavy (non-hydrogen) atoms. The van der Waals surface area contributed by atoms with Gasteiger partial charge in [0.25, 0.3) is 11.8 Å². The third kappa shape index (κ3) is 3.58. The van der Waals surface area contributed by atoms with Gasteiger partial charge in [0.2, 0.25) is 0 Å². The van der Waals surface area contributed by atoms with Crippen LogP contribution in [0.25, 0.3) is 6.08 Å². The largest absolute Gasteiger partial charge is 0.366 e. The molecule has 3 N–H and O–H groups in total. The molecule has 0 radical (unpaired) electrons. The van der Waals surface area contributed by atoms with E-state index in [1.165, 1.54) is 12.1 Å². The first-order valence-corrected chi connectivity index (χ1v) is 6.49. The van der Waals surface area contributed by atoms with Crippen LogP contribution in [-0.4, -0.2) is 11.8 Å².